The van der Waals surface area contributed by atoms with E-state index in [4.69, 9.17) is 15.4 Å². The molecule has 0 aromatic carbocycles. The van der Waals surface area contributed by atoms with Gasteiger partial charge in [0.25, 0.3) is 0 Å². The minimum Gasteiger partial charge on any atom is -0.468 e. The van der Waals surface area contributed by atoms with Crippen LogP contribution in [0.2, 0.25) is 0 Å². The molecule has 4 N–H and O–H groups in total. The monoisotopic (exact) mass is 253 g/mol. The molecule has 5 nitrogen and oxygen atoms in total. The SMILES string of the molecule is CC(C)(CCCCNCc1ccco1)/C(N)=N/O. The van der Waals surface area contributed by atoms with E-state index in [1.807, 2.05) is 26.0 Å². The summed E-state index contributed by atoms with van der Waals surface area (Å²) in [6.45, 7) is 5.67. The number of rotatable bonds is 8. The van der Waals surface area contributed by atoms with Crippen molar-refractivity contribution < 1.29 is 9.62 Å². The van der Waals surface area contributed by atoms with Gasteiger partial charge in [-0.25, -0.2) is 0 Å². The van der Waals surface area contributed by atoms with Crippen molar-refractivity contribution in [2.45, 2.75) is 39.7 Å². The molecule has 0 spiro atoms. The third kappa shape index (κ3) is 4.79. The number of hydrogen-bond acceptors (Lipinski definition) is 4. The van der Waals surface area contributed by atoms with Crippen LogP contribution in [0.1, 0.15) is 38.9 Å². The molecule has 1 aromatic rings. The summed E-state index contributed by atoms with van der Waals surface area (Å²) in [5.74, 6) is 1.25. The van der Waals surface area contributed by atoms with Crippen LogP contribution in [0.3, 0.4) is 0 Å². The first kappa shape index (κ1) is 14.6. The lowest BCUT2D eigenvalue weighted by Crippen LogP contribution is -2.32. The van der Waals surface area contributed by atoms with E-state index in [0.717, 1.165) is 38.1 Å². The van der Waals surface area contributed by atoms with Crippen molar-refractivity contribution in [3.05, 3.63) is 24.2 Å². The van der Waals surface area contributed by atoms with Gasteiger partial charge in [-0.15, -0.1) is 0 Å². The van der Waals surface area contributed by atoms with Crippen LogP contribution < -0.4 is 11.1 Å². The first-order chi connectivity index (χ1) is 8.56. The van der Waals surface area contributed by atoms with Crippen molar-refractivity contribution in [3.8, 4) is 0 Å². The summed E-state index contributed by atoms with van der Waals surface area (Å²) >= 11 is 0. The van der Waals surface area contributed by atoms with Crippen LogP contribution in [0.15, 0.2) is 28.0 Å². The van der Waals surface area contributed by atoms with Crippen LogP contribution in [-0.4, -0.2) is 17.6 Å². The molecule has 0 aliphatic heterocycles. The topological polar surface area (TPSA) is 83.8 Å². The number of oxime groups is 1. The van der Waals surface area contributed by atoms with Gasteiger partial charge in [0.2, 0.25) is 0 Å². The maximum Gasteiger partial charge on any atom is 0.144 e. The lowest BCUT2D eigenvalue weighted by Gasteiger charge is -2.22. The van der Waals surface area contributed by atoms with Gasteiger partial charge in [0.1, 0.15) is 11.6 Å². The zero-order valence-corrected chi connectivity index (χ0v) is 11.1. The molecule has 18 heavy (non-hydrogen) atoms. The van der Waals surface area contributed by atoms with Gasteiger partial charge >= 0.3 is 0 Å². The predicted molar refractivity (Wildman–Crippen MR) is 71.5 cm³/mol. The van der Waals surface area contributed by atoms with Crippen molar-refractivity contribution in [3.63, 3.8) is 0 Å². The predicted octanol–water partition coefficient (Wildman–Crippen LogP) is 2.31. The van der Waals surface area contributed by atoms with Gasteiger partial charge in [-0.05, 0) is 31.5 Å². The Morgan fingerprint density at radius 1 is 1.50 bits per heavy atom. The molecule has 5 heteroatoms. The highest BCUT2D eigenvalue weighted by molar-refractivity contribution is 5.85. The van der Waals surface area contributed by atoms with Crippen LogP contribution >= 0.6 is 0 Å². The summed E-state index contributed by atoms with van der Waals surface area (Å²) in [5.41, 5.74) is 5.39. The molecule has 1 aromatic heterocycles. The maximum absolute atomic E-state index is 8.66. The molecule has 0 saturated heterocycles. The summed E-state index contributed by atoms with van der Waals surface area (Å²) in [6, 6.07) is 3.84. The van der Waals surface area contributed by atoms with Crippen molar-refractivity contribution in [2.24, 2.45) is 16.3 Å². The van der Waals surface area contributed by atoms with E-state index in [2.05, 4.69) is 10.5 Å². The summed E-state index contributed by atoms with van der Waals surface area (Å²) in [4.78, 5) is 0. The highest BCUT2D eigenvalue weighted by Gasteiger charge is 2.22. The molecule has 1 rings (SSSR count). The second-order valence-electron chi connectivity index (χ2n) is 5.08. The van der Waals surface area contributed by atoms with Crippen LogP contribution in [0, 0.1) is 5.41 Å². The Bertz CT molecular complexity index is 358. The molecule has 0 atom stereocenters. The number of unbranched alkanes of at least 4 members (excludes halogenated alkanes) is 1. The number of nitrogens with one attached hydrogen (secondary N) is 1. The van der Waals surface area contributed by atoms with E-state index in [9.17, 15) is 0 Å². The van der Waals surface area contributed by atoms with Gasteiger partial charge in [0, 0.05) is 5.41 Å². The fourth-order valence-corrected chi connectivity index (χ4v) is 1.71. The molecule has 0 aliphatic carbocycles. The van der Waals surface area contributed by atoms with Crippen molar-refractivity contribution in [2.75, 3.05) is 6.54 Å². The highest BCUT2D eigenvalue weighted by Crippen LogP contribution is 2.23. The average molecular weight is 253 g/mol. The number of amidine groups is 1. The second-order valence-corrected chi connectivity index (χ2v) is 5.08. The Labute approximate surface area is 108 Å². The first-order valence-corrected chi connectivity index (χ1v) is 6.27. The quantitative estimate of drug-likeness (QED) is 0.218. The summed E-state index contributed by atoms with van der Waals surface area (Å²) in [6.07, 6.45) is 4.68. The Kier molecular flexibility index (Phi) is 5.71. The Balaban J connectivity index is 2.08. The van der Waals surface area contributed by atoms with Crippen LogP contribution in [0.25, 0.3) is 0 Å². The number of furan rings is 1. The molecule has 0 unspecified atom stereocenters. The molecule has 0 radical (unpaired) electrons. The lowest BCUT2D eigenvalue weighted by atomic mass is 9.86. The van der Waals surface area contributed by atoms with E-state index in [1.54, 1.807) is 6.26 Å². The minimum atomic E-state index is -0.240. The van der Waals surface area contributed by atoms with Crippen LogP contribution in [0.5, 0.6) is 0 Å². The zero-order chi connectivity index (χ0) is 13.4. The molecule has 0 bridgehead atoms. The summed E-state index contributed by atoms with van der Waals surface area (Å²) in [7, 11) is 0. The number of nitrogens with zero attached hydrogens (tertiary/aromatic N) is 1. The van der Waals surface area contributed by atoms with Crippen LogP contribution in [-0.2, 0) is 6.54 Å². The van der Waals surface area contributed by atoms with Gasteiger partial charge in [0.05, 0.1) is 12.8 Å². The molecule has 1 heterocycles. The average Bonchev–Trinajstić information content (AvgIpc) is 2.85. The highest BCUT2D eigenvalue weighted by atomic mass is 16.4. The summed E-state index contributed by atoms with van der Waals surface area (Å²) < 4.78 is 5.22. The second kappa shape index (κ2) is 7.06. The standard InChI is InChI=1S/C13H23N3O2/c1-13(2,12(14)16-17)7-3-4-8-15-10-11-6-5-9-18-11/h5-6,9,15,17H,3-4,7-8,10H2,1-2H3,(H2,14,16). The van der Waals surface area contributed by atoms with E-state index in [1.165, 1.54) is 0 Å². The van der Waals surface area contributed by atoms with E-state index >= 15 is 0 Å². The largest absolute Gasteiger partial charge is 0.468 e. The van der Waals surface area contributed by atoms with Crippen molar-refractivity contribution in [1.29, 1.82) is 0 Å². The molecule has 102 valence electrons. The maximum atomic E-state index is 8.66. The van der Waals surface area contributed by atoms with Crippen LogP contribution in [0.4, 0.5) is 0 Å². The van der Waals surface area contributed by atoms with Gasteiger partial charge in [0.15, 0.2) is 0 Å². The van der Waals surface area contributed by atoms with Crippen molar-refractivity contribution >= 4 is 5.84 Å². The molecular formula is C13H23N3O2. The smallest absolute Gasteiger partial charge is 0.144 e. The van der Waals surface area contributed by atoms with E-state index in [0.29, 0.717) is 5.84 Å². The normalized spacial score (nSPS) is 12.9. The number of nitrogens with two attached hydrogens (primary N) is 1. The van der Waals surface area contributed by atoms with Gasteiger partial charge in [-0.2, -0.15) is 0 Å². The molecule has 0 aliphatic rings. The molecule has 0 amide bonds. The van der Waals surface area contributed by atoms with Gasteiger partial charge < -0.3 is 20.7 Å². The zero-order valence-electron chi connectivity index (χ0n) is 11.1. The van der Waals surface area contributed by atoms with Gasteiger partial charge in [-0.3, -0.25) is 0 Å². The third-order valence-corrected chi connectivity index (χ3v) is 3.09. The molecule has 0 fully saturated rings. The molecular weight excluding hydrogens is 230 g/mol. The third-order valence-electron chi connectivity index (χ3n) is 3.09. The van der Waals surface area contributed by atoms with E-state index in [-0.39, 0.29) is 5.41 Å². The Hall–Kier alpha value is -1.49. The van der Waals surface area contributed by atoms with Crippen molar-refractivity contribution in [1.82, 2.24) is 5.32 Å². The minimum absolute atomic E-state index is 0.240. The van der Waals surface area contributed by atoms with Gasteiger partial charge in [-0.1, -0.05) is 25.4 Å². The first-order valence-electron chi connectivity index (χ1n) is 6.27. The lowest BCUT2D eigenvalue weighted by molar-refractivity contribution is 0.304. The Morgan fingerprint density at radius 3 is 2.89 bits per heavy atom. The molecule has 0 saturated carbocycles. The Morgan fingerprint density at radius 2 is 2.28 bits per heavy atom. The summed E-state index contributed by atoms with van der Waals surface area (Å²) in [5, 5.41) is 15.0. The fraction of sp³-hybridized carbons (Fsp3) is 0.615. The number of hydrogen-bond donors (Lipinski definition) is 3. The van der Waals surface area contributed by atoms with E-state index < -0.39 is 0 Å². The fourth-order valence-electron chi connectivity index (χ4n) is 1.71.